The van der Waals surface area contributed by atoms with Crippen LogP contribution in [-0.2, 0) is 12.5 Å². The van der Waals surface area contributed by atoms with Crippen molar-refractivity contribution in [1.29, 1.82) is 0 Å². The van der Waals surface area contributed by atoms with E-state index in [9.17, 15) is 0 Å². The number of para-hydroxylation sites is 1. The fourth-order valence-electron chi connectivity index (χ4n) is 2.02. The molecule has 0 saturated carbocycles. The van der Waals surface area contributed by atoms with E-state index in [2.05, 4.69) is 17.1 Å². The summed E-state index contributed by atoms with van der Waals surface area (Å²) < 4.78 is 5.84. The largest absolute Gasteiger partial charge is 0.489 e. The Morgan fingerprint density at radius 1 is 1.00 bits per heavy atom. The molecular weight excluding hydrogens is 302 g/mol. The number of rotatable bonds is 5. The summed E-state index contributed by atoms with van der Waals surface area (Å²) >= 11 is 7.44. The molecule has 1 heterocycles. The number of hydrogen-bond donors (Lipinski definition) is 0. The van der Waals surface area contributed by atoms with Crippen LogP contribution >= 0.6 is 22.9 Å². The summed E-state index contributed by atoms with van der Waals surface area (Å²) in [6.07, 6.45) is 0. The summed E-state index contributed by atoms with van der Waals surface area (Å²) in [6, 6.07) is 18.0. The number of benzene rings is 2. The Kier molecular flexibility index (Phi) is 4.53. The second-order valence-corrected chi connectivity index (χ2v) is 5.66. The summed E-state index contributed by atoms with van der Waals surface area (Å²) in [5, 5.41) is 2.98. The third kappa shape index (κ3) is 3.43. The van der Waals surface area contributed by atoms with E-state index in [0.29, 0.717) is 12.5 Å². The second kappa shape index (κ2) is 6.74. The van der Waals surface area contributed by atoms with Crippen LogP contribution in [0.5, 0.6) is 5.75 Å². The van der Waals surface area contributed by atoms with Crippen molar-refractivity contribution < 1.29 is 4.74 Å². The third-order valence-corrected chi connectivity index (χ3v) is 4.27. The number of halogens is 1. The van der Waals surface area contributed by atoms with Crippen LogP contribution in [0.15, 0.2) is 60.0 Å². The number of nitrogens with zero attached hydrogens (tertiary/aromatic N) is 1. The van der Waals surface area contributed by atoms with Crippen molar-refractivity contribution in [2.24, 2.45) is 0 Å². The summed E-state index contributed by atoms with van der Waals surface area (Å²) in [5.74, 6) is 1.31. The molecule has 0 spiro atoms. The first kappa shape index (κ1) is 14.1. The zero-order valence-corrected chi connectivity index (χ0v) is 12.9. The highest BCUT2D eigenvalue weighted by Gasteiger charge is 2.09. The first-order valence-corrected chi connectivity index (χ1v) is 8.05. The highest BCUT2D eigenvalue weighted by Crippen LogP contribution is 2.28. The summed E-state index contributed by atoms with van der Waals surface area (Å²) in [7, 11) is 0. The molecule has 0 atom stereocenters. The quantitative estimate of drug-likeness (QED) is 0.609. The van der Waals surface area contributed by atoms with Gasteiger partial charge in [0.15, 0.2) is 0 Å². The number of alkyl halides is 1. The molecule has 0 aliphatic heterocycles. The molecule has 0 fully saturated rings. The topological polar surface area (TPSA) is 22.1 Å². The van der Waals surface area contributed by atoms with Crippen LogP contribution in [-0.4, -0.2) is 4.98 Å². The van der Waals surface area contributed by atoms with Crippen molar-refractivity contribution in [3.63, 3.8) is 0 Å². The average molecular weight is 316 g/mol. The zero-order valence-electron chi connectivity index (χ0n) is 11.3. The van der Waals surface area contributed by atoms with Crippen molar-refractivity contribution in [1.82, 2.24) is 4.98 Å². The standard InChI is InChI=1S/C17H14ClNOS/c18-10-14-12-21-17(19-14)16-9-5-4-6-13(16)11-20-15-7-2-1-3-8-15/h1-9,12H,10-11H2. The fraction of sp³-hybridized carbons (Fsp3) is 0.118. The molecular formula is C17H14ClNOS. The Hall–Kier alpha value is -1.84. The first-order chi connectivity index (χ1) is 10.4. The van der Waals surface area contributed by atoms with Crippen LogP contribution in [0.25, 0.3) is 10.6 Å². The van der Waals surface area contributed by atoms with Gasteiger partial charge in [0.25, 0.3) is 0 Å². The minimum Gasteiger partial charge on any atom is -0.489 e. The lowest BCUT2D eigenvalue weighted by Crippen LogP contribution is -1.97. The van der Waals surface area contributed by atoms with Crippen LogP contribution in [0.1, 0.15) is 11.3 Å². The maximum Gasteiger partial charge on any atom is 0.124 e. The molecule has 2 nitrogen and oxygen atoms in total. The Bertz CT molecular complexity index is 712. The lowest BCUT2D eigenvalue weighted by Gasteiger charge is -2.09. The van der Waals surface area contributed by atoms with Crippen molar-refractivity contribution in [3.05, 3.63) is 71.2 Å². The highest BCUT2D eigenvalue weighted by molar-refractivity contribution is 7.13. The van der Waals surface area contributed by atoms with Gasteiger partial charge in [-0.05, 0) is 17.7 Å². The van der Waals surface area contributed by atoms with E-state index in [0.717, 1.165) is 27.6 Å². The SMILES string of the molecule is ClCc1csc(-c2ccccc2COc2ccccc2)n1. The summed E-state index contributed by atoms with van der Waals surface area (Å²) in [4.78, 5) is 4.55. The summed E-state index contributed by atoms with van der Waals surface area (Å²) in [6.45, 7) is 0.524. The fourth-order valence-corrected chi connectivity index (χ4v) is 3.13. The molecule has 1 aromatic heterocycles. The van der Waals surface area contributed by atoms with Gasteiger partial charge in [-0.25, -0.2) is 4.98 Å². The maximum atomic E-state index is 5.84. The molecule has 0 unspecified atom stereocenters. The predicted molar refractivity (Wildman–Crippen MR) is 87.9 cm³/mol. The molecule has 106 valence electrons. The van der Waals surface area contributed by atoms with Crippen molar-refractivity contribution in [2.45, 2.75) is 12.5 Å². The maximum absolute atomic E-state index is 5.84. The lowest BCUT2D eigenvalue weighted by atomic mass is 10.1. The molecule has 21 heavy (non-hydrogen) atoms. The molecule has 4 heteroatoms. The summed E-state index contributed by atoms with van der Waals surface area (Å²) in [5.41, 5.74) is 3.14. The molecule has 0 aliphatic rings. The number of aromatic nitrogens is 1. The Labute approximate surface area is 133 Å². The molecule has 3 rings (SSSR count). The Morgan fingerprint density at radius 2 is 1.76 bits per heavy atom. The van der Waals surface area contributed by atoms with Gasteiger partial charge >= 0.3 is 0 Å². The second-order valence-electron chi connectivity index (χ2n) is 4.54. The van der Waals surface area contributed by atoms with E-state index in [1.165, 1.54) is 0 Å². The van der Waals surface area contributed by atoms with Crippen molar-refractivity contribution in [3.8, 4) is 16.3 Å². The molecule has 0 radical (unpaired) electrons. The van der Waals surface area contributed by atoms with Crippen LogP contribution in [0.4, 0.5) is 0 Å². The number of hydrogen-bond acceptors (Lipinski definition) is 3. The first-order valence-electron chi connectivity index (χ1n) is 6.63. The molecule has 0 amide bonds. The number of thiazole rings is 1. The van der Waals surface area contributed by atoms with Gasteiger partial charge in [-0.3, -0.25) is 0 Å². The van der Waals surface area contributed by atoms with Crippen molar-refractivity contribution in [2.75, 3.05) is 0 Å². The van der Waals surface area contributed by atoms with E-state index >= 15 is 0 Å². The van der Waals surface area contributed by atoms with Gasteiger partial charge in [0.1, 0.15) is 17.4 Å². The van der Waals surface area contributed by atoms with E-state index in [-0.39, 0.29) is 0 Å². The third-order valence-electron chi connectivity index (χ3n) is 3.07. The van der Waals surface area contributed by atoms with Gasteiger partial charge < -0.3 is 4.74 Å². The molecule has 3 aromatic rings. The van der Waals surface area contributed by atoms with Crippen LogP contribution < -0.4 is 4.74 Å². The molecule has 2 aromatic carbocycles. The minimum atomic E-state index is 0.444. The van der Waals surface area contributed by atoms with Crippen molar-refractivity contribution >= 4 is 22.9 Å². The Morgan fingerprint density at radius 3 is 2.52 bits per heavy atom. The van der Waals surface area contributed by atoms with Gasteiger partial charge in [0, 0.05) is 10.9 Å². The van der Waals surface area contributed by atoms with E-state index < -0.39 is 0 Å². The van der Waals surface area contributed by atoms with Gasteiger partial charge in [-0.1, -0.05) is 42.5 Å². The van der Waals surface area contributed by atoms with Gasteiger partial charge in [-0.15, -0.1) is 22.9 Å². The van der Waals surface area contributed by atoms with E-state index in [4.69, 9.17) is 16.3 Å². The average Bonchev–Trinajstić information content (AvgIpc) is 3.03. The van der Waals surface area contributed by atoms with Crippen LogP contribution in [0, 0.1) is 0 Å². The van der Waals surface area contributed by atoms with Gasteiger partial charge in [0.2, 0.25) is 0 Å². The van der Waals surface area contributed by atoms with Gasteiger partial charge in [0.05, 0.1) is 11.6 Å². The normalized spacial score (nSPS) is 10.5. The molecule has 0 aliphatic carbocycles. The Balaban J connectivity index is 1.82. The molecule has 0 N–H and O–H groups in total. The van der Waals surface area contributed by atoms with Gasteiger partial charge in [-0.2, -0.15) is 0 Å². The monoisotopic (exact) mass is 315 g/mol. The molecule has 0 saturated heterocycles. The van der Waals surface area contributed by atoms with E-state index in [1.54, 1.807) is 11.3 Å². The smallest absolute Gasteiger partial charge is 0.124 e. The number of ether oxygens (including phenoxy) is 1. The molecule has 0 bridgehead atoms. The minimum absolute atomic E-state index is 0.444. The van der Waals surface area contributed by atoms with Crippen LogP contribution in [0.3, 0.4) is 0 Å². The van der Waals surface area contributed by atoms with E-state index in [1.807, 2.05) is 47.8 Å². The zero-order chi connectivity index (χ0) is 14.5. The predicted octanol–water partition coefficient (Wildman–Crippen LogP) is 5.13. The van der Waals surface area contributed by atoms with Crippen LogP contribution in [0.2, 0.25) is 0 Å². The highest BCUT2D eigenvalue weighted by atomic mass is 35.5. The lowest BCUT2D eigenvalue weighted by molar-refractivity contribution is 0.307.